The molecule has 0 saturated carbocycles. The lowest BCUT2D eigenvalue weighted by atomic mass is 9.85. The van der Waals surface area contributed by atoms with Crippen molar-refractivity contribution < 1.29 is 46.6 Å². The molecule has 0 radical (unpaired) electrons. The number of carbonyl (C=O) groups is 4. The van der Waals surface area contributed by atoms with E-state index in [1.807, 2.05) is 81.7 Å². The summed E-state index contributed by atoms with van der Waals surface area (Å²) < 4.78 is 58.1. The SMILES string of the molecule is Cc1ncsc1-c1ccc(CNC(=O)[C@@H]2CCCN2C(=O)[C@@H](NC(=O)OCCOCCOc2ccc(-c3ccc(N4C(=S)N(c5ccc(C#N)c(C(F)(F)F)c5)C(=O)C4(C)C)cc3)cc2)C(C)(C)C)cc1. The summed E-state index contributed by atoms with van der Waals surface area (Å²) in [7, 11) is 0. The first kappa shape index (κ1) is 52.0. The molecule has 7 rings (SSSR count). The quantitative estimate of drug-likeness (QED) is 0.0714. The molecule has 2 saturated heterocycles. The van der Waals surface area contributed by atoms with Crippen LogP contribution in [0.25, 0.3) is 21.6 Å². The Hall–Kier alpha value is -6.88. The maximum atomic E-state index is 13.9. The third-order valence-corrected chi connectivity index (χ3v) is 13.6. The second kappa shape index (κ2) is 21.6. The van der Waals surface area contributed by atoms with E-state index in [9.17, 15) is 37.6 Å². The summed E-state index contributed by atoms with van der Waals surface area (Å²) in [6.07, 6.45) is -4.41. The first-order chi connectivity index (χ1) is 33.7. The van der Waals surface area contributed by atoms with Gasteiger partial charge in [0.1, 0.15) is 36.6 Å². The number of carbonyl (C=O) groups excluding carboxylic acids is 4. The van der Waals surface area contributed by atoms with Crippen LogP contribution in [0.1, 0.15) is 69.8 Å². The highest BCUT2D eigenvalue weighted by Crippen LogP contribution is 2.40. The lowest BCUT2D eigenvalue weighted by Gasteiger charge is -2.35. The summed E-state index contributed by atoms with van der Waals surface area (Å²) in [5.41, 5.74) is 3.34. The summed E-state index contributed by atoms with van der Waals surface area (Å²) >= 11 is 7.24. The smallest absolute Gasteiger partial charge is 0.417 e. The average molecular weight is 1010 g/mol. The summed E-state index contributed by atoms with van der Waals surface area (Å²) in [5.74, 6) is -0.530. The Morgan fingerprint density at radius 1 is 0.915 bits per heavy atom. The molecular formula is C52H54F3N7O7S2. The lowest BCUT2D eigenvalue weighted by Crippen LogP contribution is -2.57. The molecule has 3 heterocycles. The fraction of sp³-hybridized carbons (Fsp3) is 0.365. The van der Waals surface area contributed by atoms with E-state index in [0.717, 1.165) is 49.9 Å². The van der Waals surface area contributed by atoms with Crippen LogP contribution in [0.3, 0.4) is 0 Å². The third kappa shape index (κ3) is 11.8. The molecule has 5 aromatic rings. The number of nitrogens with zero attached hydrogens (tertiary/aromatic N) is 5. The fourth-order valence-corrected chi connectivity index (χ4v) is 9.79. The van der Waals surface area contributed by atoms with Crippen LogP contribution in [0.2, 0.25) is 0 Å². The summed E-state index contributed by atoms with van der Waals surface area (Å²) in [5, 5.41) is 14.9. The van der Waals surface area contributed by atoms with Gasteiger partial charge in [0.05, 0.1) is 52.2 Å². The normalized spacial score (nSPS) is 16.2. The van der Waals surface area contributed by atoms with Gasteiger partial charge in [0.2, 0.25) is 11.8 Å². The number of alkyl halides is 3. The topological polar surface area (TPSA) is 166 Å². The fourth-order valence-electron chi connectivity index (χ4n) is 8.46. The number of halogens is 3. The highest BCUT2D eigenvalue weighted by molar-refractivity contribution is 7.81. The van der Waals surface area contributed by atoms with Crippen LogP contribution in [0.5, 0.6) is 5.75 Å². The molecule has 0 spiro atoms. The molecule has 14 nitrogen and oxygen atoms in total. The molecule has 2 N–H and O–H groups in total. The molecule has 2 fully saturated rings. The van der Waals surface area contributed by atoms with Crippen LogP contribution >= 0.6 is 23.6 Å². The van der Waals surface area contributed by atoms with Crippen molar-refractivity contribution in [1.82, 2.24) is 20.5 Å². The maximum absolute atomic E-state index is 13.9. The zero-order valence-corrected chi connectivity index (χ0v) is 41.7. The summed E-state index contributed by atoms with van der Waals surface area (Å²) in [6, 6.07) is 25.5. The molecule has 2 aliphatic rings. The van der Waals surface area contributed by atoms with Crippen LogP contribution in [-0.2, 0) is 36.6 Å². The van der Waals surface area contributed by atoms with E-state index in [4.69, 9.17) is 26.4 Å². The van der Waals surface area contributed by atoms with Crippen molar-refractivity contribution in [3.05, 3.63) is 119 Å². The summed E-state index contributed by atoms with van der Waals surface area (Å²) in [6.45, 7) is 11.9. The number of benzene rings is 4. The predicted octanol–water partition coefficient (Wildman–Crippen LogP) is 9.44. The first-order valence-corrected chi connectivity index (χ1v) is 24.2. The van der Waals surface area contributed by atoms with E-state index in [-0.39, 0.29) is 49.0 Å². The van der Waals surface area contributed by atoms with Gasteiger partial charge in [-0.25, -0.2) is 9.78 Å². The molecule has 4 aromatic carbocycles. The van der Waals surface area contributed by atoms with Gasteiger partial charge in [0.25, 0.3) is 5.91 Å². The van der Waals surface area contributed by atoms with Crippen molar-refractivity contribution in [2.75, 3.05) is 42.8 Å². The zero-order chi connectivity index (χ0) is 51.3. The number of amides is 4. The van der Waals surface area contributed by atoms with Gasteiger partial charge < -0.3 is 34.6 Å². The number of likely N-dealkylation sites (tertiary alicyclic amines) is 1. The molecule has 2 atom stereocenters. The van der Waals surface area contributed by atoms with Crippen molar-refractivity contribution in [2.45, 2.75) is 84.7 Å². The van der Waals surface area contributed by atoms with E-state index in [2.05, 4.69) is 15.6 Å². The number of rotatable bonds is 16. The van der Waals surface area contributed by atoms with E-state index in [0.29, 0.717) is 37.4 Å². The molecule has 1 aromatic heterocycles. The van der Waals surface area contributed by atoms with E-state index in [1.165, 1.54) is 6.07 Å². The van der Waals surface area contributed by atoms with Crippen LogP contribution < -0.4 is 25.2 Å². The van der Waals surface area contributed by atoms with Crippen LogP contribution in [-0.4, -0.2) is 89.4 Å². The molecule has 0 aliphatic carbocycles. The highest BCUT2D eigenvalue weighted by Gasteiger charge is 2.51. The molecule has 71 heavy (non-hydrogen) atoms. The van der Waals surface area contributed by atoms with Crippen molar-refractivity contribution in [2.24, 2.45) is 5.41 Å². The van der Waals surface area contributed by atoms with Crippen molar-refractivity contribution in [3.8, 4) is 33.4 Å². The summed E-state index contributed by atoms with van der Waals surface area (Å²) in [4.78, 5) is 63.5. The van der Waals surface area contributed by atoms with Crippen molar-refractivity contribution in [1.29, 1.82) is 5.26 Å². The molecule has 0 bridgehead atoms. The Morgan fingerprint density at radius 2 is 1.55 bits per heavy atom. The molecular weight excluding hydrogens is 956 g/mol. The Morgan fingerprint density at radius 3 is 2.17 bits per heavy atom. The van der Waals surface area contributed by atoms with Gasteiger partial charge >= 0.3 is 12.3 Å². The molecule has 0 unspecified atom stereocenters. The van der Waals surface area contributed by atoms with Gasteiger partial charge in [-0.3, -0.25) is 19.3 Å². The average Bonchev–Trinajstić information content (AvgIpc) is 4.05. The van der Waals surface area contributed by atoms with Gasteiger partial charge in [-0.05, 0) is 116 Å². The van der Waals surface area contributed by atoms with Gasteiger partial charge in [0.15, 0.2) is 5.11 Å². The Labute approximate surface area is 419 Å². The number of thiocarbonyl (C=S) groups is 1. The van der Waals surface area contributed by atoms with Gasteiger partial charge in [-0.2, -0.15) is 18.4 Å². The molecule has 2 aliphatic heterocycles. The van der Waals surface area contributed by atoms with Crippen LogP contribution in [0, 0.1) is 23.7 Å². The Kier molecular flexibility index (Phi) is 15.8. The van der Waals surface area contributed by atoms with E-state index in [1.54, 1.807) is 65.3 Å². The number of nitrogens with one attached hydrogen (secondary N) is 2. The highest BCUT2D eigenvalue weighted by atomic mass is 32.1. The number of aryl methyl sites for hydroxylation is 1. The minimum absolute atomic E-state index is 0.000289. The number of alkyl carbamates (subject to hydrolysis) is 1. The third-order valence-electron chi connectivity index (χ3n) is 12.3. The van der Waals surface area contributed by atoms with Crippen LogP contribution in [0.4, 0.5) is 29.3 Å². The van der Waals surface area contributed by atoms with E-state index < -0.39 is 52.3 Å². The second-order valence-corrected chi connectivity index (χ2v) is 19.9. The number of nitriles is 1. The van der Waals surface area contributed by atoms with Gasteiger partial charge in [-0.1, -0.05) is 69.3 Å². The second-order valence-electron chi connectivity index (χ2n) is 18.6. The zero-order valence-electron chi connectivity index (χ0n) is 40.1. The maximum Gasteiger partial charge on any atom is 0.417 e. The lowest BCUT2D eigenvalue weighted by molar-refractivity contribution is -0.142. The molecule has 372 valence electrons. The van der Waals surface area contributed by atoms with Crippen LogP contribution in [0.15, 0.2) is 96.5 Å². The number of hydrogen-bond donors (Lipinski definition) is 2. The predicted molar refractivity (Wildman–Crippen MR) is 268 cm³/mol. The van der Waals surface area contributed by atoms with Crippen molar-refractivity contribution >= 4 is 63.9 Å². The largest absolute Gasteiger partial charge is 0.491 e. The minimum atomic E-state index is -4.81. The molecule has 19 heteroatoms. The number of ether oxygens (including phenoxy) is 3. The van der Waals surface area contributed by atoms with Crippen molar-refractivity contribution in [3.63, 3.8) is 0 Å². The molecule has 4 amide bonds. The van der Waals surface area contributed by atoms with Gasteiger partial charge in [0, 0.05) is 18.8 Å². The minimum Gasteiger partial charge on any atom is -0.491 e. The first-order valence-electron chi connectivity index (χ1n) is 22.9. The Bertz CT molecular complexity index is 2810. The number of anilines is 2. The van der Waals surface area contributed by atoms with Gasteiger partial charge in [-0.15, -0.1) is 11.3 Å². The number of aromatic nitrogens is 1. The standard InChI is InChI=1S/C52H54F3N7O7S2/c1-32-43(71-31-58-32)36-11-9-33(10-12-36)30-57-45(63)42-8-7-23-60(42)46(64)44(50(2,3)4)59-48(66)69-27-25-67-24-26-68-40-21-16-35(17-22-40)34-13-18-38(19-14-34)62-49(70)61(47(65)51(62,5)6)39-20-15-37(29-56)41(28-39)52(53,54)55/h9-22,28,31,42,44H,7-8,23-27,30H2,1-6H3,(H,57,63)(H,59,66)/t42-,44+/m0/s1. The monoisotopic (exact) mass is 1010 g/mol. The number of hydrogen-bond acceptors (Lipinski definition) is 11. The Balaban J connectivity index is 0.833. The van der Waals surface area contributed by atoms with E-state index >= 15 is 0 Å². The number of thiazole rings is 1.